The molecule has 12 nitrogen and oxygen atoms in total. The number of piperidine rings is 1. The second kappa shape index (κ2) is 24.5. The number of carbonyl (C=O) groups is 4. The van der Waals surface area contributed by atoms with E-state index in [1.54, 1.807) is 33.2 Å². The largest absolute Gasteiger partial charge is 0.400 e. The number of methoxy groups -OCH3 is 2. The summed E-state index contributed by atoms with van der Waals surface area (Å²) in [7, 11) is 7.65. The van der Waals surface area contributed by atoms with Gasteiger partial charge in [0.25, 0.3) is 0 Å². The number of benzene rings is 1. The van der Waals surface area contributed by atoms with E-state index in [9.17, 15) is 19.2 Å². The average molecular weight is 762 g/mol. The van der Waals surface area contributed by atoms with Crippen LogP contribution in [0.15, 0.2) is 30.3 Å². The summed E-state index contributed by atoms with van der Waals surface area (Å²) in [5.74, 6) is -0.269. The Kier molecular flexibility index (Phi) is 22.2. The lowest BCUT2D eigenvalue weighted by atomic mass is 9.89. The van der Waals surface area contributed by atoms with Gasteiger partial charge in [0.2, 0.25) is 23.6 Å². The molecule has 1 aromatic rings. The van der Waals surface area contributed by atoms with E-state index in [4.69, 9.17) is 14.6 Å². The fraction of sp³-hybridized carbons (Fsp3) is 0.762. The predicted molar refractivity (Wildman–Crippen MR) is 216 cm³/mol. The summed E-state index contributed by atoms with van der Waals surface area (Å²) in [5.41, 5.74) is 1.15. The lowest BCUT2D eigenvalue weighted by Gasteiger charge is -2.40. The molecule has 12 heteroatoms. The summed E-state index contributed by atoms with van der Waals surface area (Å²) >= 11 is 0. The first-order valence-corrected chi connectivity index (χ1v) is 20.0. The molecule has 1 saturated heterocycles. The molecule has 2 aliphatic rings. The van der Waals surface area contributed by atoms with Crippen LogP contribution in [0.3, 0.4) is 0 Å². The molecule has 0 radical (unpaired) electrons. The van der Waals surface area contributed by atoms with E-state index in [1.165, 1.54) is 6.42 Å². The van der Waals surface area contributed by atoms with Gasteiger partial charge in [0.05, 0.1) is 49.2 Å². The molecule has 2 fully saturated rings. The quantitative estimate of drug-likeness (QED) is 0.163. The summed E-state index contributed by atoms with van der Waals surface area (Å²) < 4.78 is 12.0. The Morgan fingerprint density at radius 1 is 0.963 bits per heavy atom. The number of carbonyl (C=O) groups excluding carboxylic acids is 4. The Bertz CT molecular complexity index is 1270. The molecule has 0 aromatic heterocycles. The second-order valence-electron chi connectivity index (χ2n) is 15.5. The molecular formula is C42H75N5O7. The van der Waals surface area contributed by atoms with Gasteiger partial charge in [-0.15, -0.1) is 0 Å². The Morgan fingerprint density at radius 2 is 1.56 bits per heavy atom. The van der Waals surface area contributed by atoms with Gasteiger partial charge < -0.3 is 40.3 Å². The van der Waals surface area contributed by atoms with E-state index >= 15 is 0 Å². The molecule has 4 amide bonds. The molecule has 3 rings (SSSR count). The summed E-state index contributed by atoms with van der Waals surface area (Å²) in [4.78, 5) is 57.6. The molecule has 1 aliphatic heterocycles. The average Bonchev–Trinajstić information content (AvgIpc) is 3.58. The fourth-order valence-electron chi connectivity index (χ4n) is 8.02. The smallest absolute Gasteiger partial charge is 0.242 e. The molecule has 11 unspecified atom stereocenters. The monoisotopic (exact) mass is 762 g/mol. The Hall–Kier alpha value is -3.06. The standard InChI is InChI=1S/C38H63N5O6.C3H8.CH4O/c1-12-23(4)34(42(9)32(45)21-40-38(47)33(39-8)22(2)3)30(48-10)20-31(44)43-29(19-28-25(6)35(28)43)36(49-11)26(7)37(46)41-24(5)18-27-16-14-13-15-17-27;1-3-2;1-2/h13-17,22-26,28-30,33-36,39H,12,18-21H2,1-11H3,(H,40,47)(H,41,46);3H2,1-2H3;2H,1H3. The molecule has 0 bridgehead atoms. The zero-order valence-corrected chi connectivity index (χ0v) is 35.8. The van der Waals surface area contributed by atoms with Gasteiger partial charge in [-0.3, -0.25) is 19.2 Å². The topological polar surface area (TPSA) is 150 Å². The van der Waals surface area contributed by atoms with E-state index < -0.39 is 30.2 Å². The zero-order chi connectivity index (χ0) is 41.3. The van der Waals surface area contributed by atoms with Gasteiger partial charge in [-0.1, -0.05) is 98.6 Å². The fourth-order valence-corrected chi connectivity index (χ4v) is 8.02. The zero-order valence-electron chi connectivity index (χ0n) is 35.8. The van der Waals surface area contributed by atoms with Crippen LogP contribution in [0, 0.1) is 29.6 Å². The van der Waals surface area contributed by atoms with Crippen molar-refractivity contribution in [3.8, 4) is 0 Å². The molecule has 54 heavy (non-hydrogen) atoms. The first-order chi connectivity index (χ1) is 25.6. The lowest BCUT2D eigenvalue weighted by Crippen LogP contribution is -2.56. The molecular weight excluding hydrogens is 686 g/mol. The van der Waals surface area contributed by atoms with Crippen LogP contribution >= 0.6 is 0 Å². The van der Waals surface area contributed by atoms with Crippen LogP contribution in [0.2, 0.25) is 0 Å². The summed E-state index contributed by atoms with van der Waals surface area (Å²) in [5, 5.41) is 15.9. The summed E-state index contributed by atoms with van der Waals surface area (Å²) in [6, 6.07) is 9.07. The highest BCUT2D eigenvalue weighted by atomic mass is 16.5. The van der Waals surface area contributed by atoms with Gasteiger partial charge in [-0.05, 0) is 56.0 Å². The van der Waals surface area contributed by atoms with Crippen molar-refractivity contribution in [1.82, 2.24) is 25.8 Å². The van der Waals surface area contributed by atoms with Crippen molar-refractivity contribution in [3.63, 3.8) is 0 Å². The minimum absolute atomic E-state index is 0.0263. The number of fused-ring (bicyclic) bond motifs is 1. The highest BCUT2D eigenvalue weighted by Crippen LogP contribution is 2.54. The third-order valence-corrected chi connectivity index (χ3v) is 11.1. The number of nitrogens with zero attached hydrogens (tertiary/aromatic N) is 2. The number of hydrogen-bond donors (Lipinski definition) is 4. The maximum atomic E-state index is 14.3. The Labute approximate surface area is 326 Å². The van der Waals surface area contributed by atoms with E-state index in [-0.39, 0.29) is 66.6 Å². The van der Waals surface area contributed by atoms with E-state index in [2.05, 4.69) is 62.7 Å². The minimum Gasteiger partial charge on any atom is -0.400 e. The third-order valence-electron chi connectivity index (χ3n) is 11.1. The number of ether oxygens (including phenoxy) is 2. The van der Waals surface area contributed by atoms with Crippen LogP contribution < -0.4 is 16.0 Å². The van der Waals surface area contributed by atoms with Crippen molar-refractivity contribution < 1.29 is 33.8 Å². The number of likely N-dealkylation sites (tertiary alicyclic amines) is 1. The number of likely N-dealkylation sites (N-methyl/N-ethyl adjacent to an activating group) is 2. The Morgan fingerprint density at radius 3 is 2.06 bits per heavy atom. The molecule has 0 spiro atoms. The van der Waals surface area contributed by atoms with Crippen LogP contribution in [-0.2, 0) is 35.1 Å². The molecule has 1 saturated carbocycles. The summed E-state index contributed by atoms with van der Waals surface area (Å²) in [6.45, 7) is 18.1. The summed E-state index contributed by atoms with van der Waals surface area (Å²) in [6.07, 6.45) is 2.57. The van der Waals surface area contributed by atoms with Gasteiger partial charge in [-0.25, -0.2) is 0 Å². The van der Waals surface area contributed by atoms with Crippen LogP contribution in [0.4, 0.5) is 0 Å². The number of amides is 4. The molecule has 1 heterocycles. The van der Waals surface area contributed by atoms with Crippen molar-refractivity contribution >= 4 is 23.6 Å². The van der Waals surface area contributed by atoms with E-state index in [0.717, 1.165) is 31.9 Å². The third kappa shape index (κ3) is 13.3. The highest BCUT2D eigenvalue weighted by molar-refractivity contribution is 5.87. The molecule has 4 N–H and O–H groups in total. The van der Waals surface area contributed by atoms with Gasteiger partial charge in [0.15, 0.2) is 0 Å². The van der Waals surface area contributed by atoms with Crippen LogP contribution in [-0.4, -0.2) is 123 Å². The first kappa shape index (κ1) is 49.0. The minimum atomic E-state index is -0.567. The number of hydrogen-bond acceptors (Lipinski definition) is 8. The highest BCUT2D eigenvalue weighted by Gasteiger charge is 2.62. The Balaban J connectivity index is 0.00000277. The number of aliphatic hydroxyl groups is 1. The van der Waals surface area contributed by atoms with Gasteiger partial charge in [-0.2, -0.15) is 0 Å². The van der Waals surface area contributed by atoms with Gasteiger partial charge in [0.1, 0.15) is 0 Å². The van der Waals surface area contributed by atoms with Gasteiger partial charge >= 0.3 is 0 Å². The first-order valence-electron chi connectivity index (χ1n) is 20.0. The van der Waals surface area contributed by atoms with Crippen molar-refractivity contribution in [1.29, 1.82) is 0 Å². The number of rotatable bonds is 19. The second-order valence-corrected chi connectivity index (χ2v) is 15.5. The SMILES string of the molecule is CCC.CCC(C)C(C(CC(=O)N1C(C(OC)C(C)C(=O)NC(C)Cc2ccccc2)CC2C(C)C21)OC)N(C)C(=O)CNC(=O)C(NC)C(C)C.CO. The number of aliphatic hydroxyl groups excluding tert-OH is 1. The van der Waals surface area contributed by atoms with Crippen molar-refractivity contribution in [3.05, 3.63) is 35.9 Å². The normalized spacial score (nSPS) is 22.4. The van der Waals surface area contributed by atoms with Crippen LogP contribution in [0.1, 0.15) is 93.6 Å². The van der Waals surface area contributed by atoms with Crippen molar-refractivity contribution in [2.75, 3.05) is 42.0 Å². The molecule has 310 valence electrons. The molecule has 11 atom stereocenters. The number of nitrogens with one attached hydrogen (secondary N) is 3. The maximum Gasteiger partial charge on any atom is 0.242 e. The van der Waals surface area contributed by atoms with Crippen LogP contribution in [0.25, 0.3) is 0 Å². The lowest BCUT2D eigenvalue weighted by molar-refractivity contribution is -0.147. The molecule has 1 aromatic carbocycles. The maximum absolute atomic E-state index is 14.3. The van der Waals surface area contributed by atoms with Crippen LogP contribution in [0.5, 0.6) is 0 Å². The van der Waals surface area contributed by atoms with Crippen molar-refractivity contribution in [2.45, 2.75) is 137 Å². The molecule has 1 aliphatic carbocycles. The van der Waals surface area contributed by atoms with Gasteiger partial charge in [0, 0.05) is 40.5 Å². The van der Waals surface area contributed by atoms with E-state index in [1.807, 2.05) is 50.8 Å². The predicted octanol–water partition coefficient (Wildman–Crippen LogP) is 4.28. The van der Waals surface area contributed by atoms with Crippen molar-refractivity contribution in [2.24, 2.45) is 29.6 Å². The van der Waals surface area contributed by atoms with E-state index in [0.29, 0.717) is 11.8 Å².